The van der Waals surface area contributed by atoms with E-state index in [1.807, 2.05) is 4.90 Å². The van der Waals surface area contributed by atoms with Crippen LogP contribution in [0.1, 0.15) is 58.8 Å². The third-order valence-corrected chi connectivity index (χ3v) is 3.84. The van der Waals surface area contributed by atoms with Crippen molar-refractivity contribution < 1.29 is 9.59 Å². The first-order valence-corrected chi connectivity index (χ1v) is 8.45. The number of hydrogen-bond donors (Lipinski definition) is 2. The molecule has 0 spiro atoms. The van der Waals surface area contributed by atoms with Crippen molar-refractivity contribution in [2.24, 2.45) is 0 Å². The van der Waals surface area contributed by atoms with Crippen LogP contribution in [0, 0.1) is 0 Å². The summed E-state index contributed by atoms with van der Waals surface area (Å²) in [4.78, 5) is 25.7. The van der Waals surface area contributed by atoms with Crippen molar-refractivity contribution in [3.63, 3.8) is 0 Å². The number of amides is 2. The van der Waals surface area contributed by atoms with Crippen LogP contribution in [0.25, 0.3) is 0 Å². The number of rotatable bonds is 10. The highest BCUT2D eigenvalue weighted by molar-refractivity contribution is 5.79. The Hall–Kier alpha value is -1.10. The summed E-state index contributed by atoms with van der Waals surface area (Å²) in [6.07, 6.45) is 5.88. The van der Waals surface area contributed by atoms with Gasteiger partial charge in [-0.1, -0.05) is 13.8 Å². The first kappa shape index (κ1) is 18.0. The second-order valence-corrected chi connectivity index (χ2v) is 5.83. The fourth-order valence-electron chi connectivity index (χ4n) is 2.72. The standard InChI is InChI=1S/C16H31N3O2/c1-3-11-19(12-4-2)16(21)9-5-8-15(20)18-13-14-7-6-10-17-14/h14,17H,3-13H2,1-2H3,(H,18,20). The highest BCUT2D eigenvalue weighted by Gasteiger charge is 2.15. The predicted molar refractivity (Wildman–Crippen MR) is 85.0 cm³/mol. The average Bonchev–Trinajstić information content (AvgIpc) is 2.98. The van der Waals surface area contributed by atoms with Crippen LogP contribution >= 0.6 is 0 Å². The Labute approximate surface area is 128 Å². The lowest BCUT2D eigenvalue weighted by atomic mass is 10.2. The van der Waals surface area contributed by atoms with Gasteiger partial charge >= 0.3 is 0 Å². The average molecular weight is 297 g/mol. The Morgan fingerprint density at radius 2 is 1.90 bits per heavy atom. The predicted octanol–water partition coefficient (Wildman–Crippen LogP) is 1.67. The molecule has 1 saturated heterocycles. The van der Waals surface area contributed by atoms with Crippen molar-refractivity contribution in [1.82, 2.24) is 15.5 Å². The van der Waals surface area contributed by atoms with E-state index in [9.17, 15) is 9.59 Å². The molecule has 1 fully saturated rings. The van der Waals surface area contributed by atoms with E-state index < -0.39 is 0 Å². The molecule has 2 N–H and O–H groups in total. The SMILES string of the molecule is CCCN(CCC)C(=O)CCCC(=O)NCC1CCCN1. The lowest BCUT2D eigenvalue weighted by molar-refractivity contribution is -0.131. The summed E-state index contributed by atoms with van der Waals surface area (Å²) in [5, 5.41) is 6.31. The monoisotopic (exact) mass is 297 g/mol. The molecule has 0 aliphatic carbocycles. The number of carbonyl (C=O) groups excluding carboxylic acids is 2. The summed E-state index contributed by atoms with van der Waals surface area (Å²) >= 11 is 0. The van der Waals surface area contributed by atoms with Gasteiger partial charge in [-0.15, -0.1) is 0 Å². The quantitative estimate of drug-likeness (QED) is 0.645. The van der Waals surface area contributed by atoms with Crippen LogP contribution in [0.5, 0.6) is 0 Å². The van der Waals surface area contributed by atoms with Crippen LogP contribution < -0.4 is 10.6 Å². The summed E-state index contributed by atoms with van der Waals surface area (Å²) in [5.41, 5.74) is 0. The van der Waals surface area contributed by atoms with Crippen molar-refractivity contribution in [1.29, 1.82) is 0 Å². The van der Waals surface area contributed by atoms with Crippen LogP contribution in [0.15, 0.2) is 0 Å². The van der Waals surface area contributed by atoms with E-state index in [1.54, 1.807) is 0 Å². The van der Waals surface area contributed by atoms with Gasteiger partial charge in [0.1, 0.15) is 0 Å². The second-order valence-electron chi connectivity index (χ2n) is 5.83. The van der Waals surface area contributed by atoms with Crippen LogP contribution in [-0.4, -0.2) is 48.9 Å². The van der Waals surface area contributed by atoms with Crippen LogP contribution in [-0.2, 0) is 9.59 Å². The van der Waals surface area contributed by atoms with E-state index >= 15 is 0 Å². The highest BCUT2D eigenvalue weighted by Crippen LogP contribution is 2.05. The van der Waals surface area contributed by atoms with Gasteiger partial charge in [0.25, 0.3) is 0 Å². The van der Waals surface area contributed by atoms with Crippen molar-refractivity contribution in [3.05, 3.63) is 0 Å². The summed E-state index contributed by atoms with van der Waals surface area (Å²) in [6.45, 7) is 7.59. The number of carbonyl (C=O) groups is 2. The second kappa shape index (κ2) is 10.6. The Balaban J connectivity index is 2.12. The van der Waals surface area contributed by atoms with E-state index in [2.05, 4.69) is 24.5 Å². The molecule has 1 aliphatic rings. The fraction of sp³-hybridized carbons (Fsp3) is 0.875. The van der Waals surface area contributed by atoms with E-state index in [4.69, 9.17) is 0 Å². The Morgan fingerprint density at radius 1 is 1.19 bits per heavy atom. The molecule has 21 heavy (non-hydrogen) atoms. The molecule has 0 saturated carbocycles. The van der Waals surface area contributed by atoms with Crippen LogP contribution in [0.2, 0.25) is 0 Å². The van der Waals surface area contributed by atoms with Gasteiger partial charge in [-0.05, 0) is 38.6 Å². The van der Waals surface area contributed by atoms with Crippen molar-refractivity contribution in [3.8, 4) is 0 Å². The minimum Gasteiger partial charge on any atom is -0.355 e. The number of nitrogens with zero attached hydrogens (tertiary/aromatic N) is 1. The van der Waals surface area contributed by atoms with E-state index in [-0.39, 0.29) is 11.8 Å². The fourth-order valence-corrected chi connectivity index (χ4v) is 2.72. The summed E-state index contributed by atoms with van der Waals surface area (Å²) in [5.74, 6) is 0.248. The molecular formula is C16H31N3O2. The minimum atomic E-state index is 0.0639. The summed E-state index contributed by atoms with van der Waals surface area (Å²) in [6, 6.07) is 0.431. The smallest absolute Gasteiger partial charge is 0.222 e. The zero-order valence-corrected chi connectivity index (χ0v) is 13.6. The molecule has 0 radical (unpaired) electrons. The molecule has 5 nitrogen and oxygen atoms in total. The first-order chi connectivity index (χ1) is 10.2. The number of nitrogens with one attached hydrogen (secondary N) is 2. The van der Waals surface area contributed by atoms with Crippen LogP contribution in [0.4, 0.5) is 0 Å². The van der Waals surface area contributed by atoms with Gasteiger partial charge in [0.2, 0.25) is 11.8 Å². The van der Waals surface area contributed by atoms with Crippen LogP contribution in [0.3, 0.4) is 0 Å². The molecule has 1 aliphatic heterocycles. The Kier molecular flexibility index (Phi) is 9.06. The maximum atomic E-state index is 12.1. The van der Waals surface area contributed by atoms with Gasteiger partial charge in [-0.2, -0.15) is 0 Å². The van der Waals surface area contributed by atoms with Gasteiger partial charge in [0.05, 0.1) is 0 Å². The molecule has 2 amide bonds. The zero-order chi connectivity index (χ0) is 15.5. The first-order valence-electron chi connectivity index (χ1n) is 8.45. The summed E-state index contributed by atoms with van der Waals surface area (Å²) < 4.78 is 0. The molecule has 1 rings (SSSR count). The molecular weight excluding hydrogens is 266 g/mol. The molecule has 0 bridgehead atoms. The lowest BCUT2D eigenvalue weighted by Gasteiger charge is -2.21. The van der Waals surface area contributed by atoms with Gasteiger partial charge < -0.3 is 15.5 Å². The normalized spacial score (nSPS) is 17.7. The van der Waals surface area contributed by atoms with Gasteiger partial charge in [0, 0.05) is 38.5 Å². The largest absolute Gasteiger partial charge is 0.355 e. The van der Waals surface area contributed by atoms with Gasteiger partial charge in [0.15, 0.2) is 0 Å². The van der Waals surface area contributed by atoms with Gasteiger partial charge in [-0.3, -0.25) is 9.59 Å². The highest BCUT2D eigenvalue weighted by atomic mass is 16.2. The minimum absolute atomic E-state index is 0.0639. The van der Waals surface area contributed by atoms with E-state index in [0.717, 1.165) is 38.9 Å². The van der Waals surface area contributed by atoms with E-state index in [0.29, 0.717) is 31.8 Å². The lowest BCUT2D eigenvalue weighted by Crippen LogP contribution is -2.37. The van der Waals surface area contributed by atoms with Crippen molar-refractivity contribution >= 4 is 11.8 Å². The Bertz CT molecular complexity index is 309. The van der Waals surface area contributed by atoms with Gasteiger partial charge in [-0.25, -0.2) is 0 Å². The number of hydrogen-bond acceptors (Lipinski definition) is 3. The molecule has 1 heterocycles. The zero-order valence-electron chi connectivity index (χ0n) is 13.6. The summed E-state index contributed by atoms with van der Waals surface area (Å²) in [7, 11) is 0. The third kappa shape index (κ3) is 7.46. The topological polar surface area (TPSA) is 61.4 Å². The molecule has 122 valence electrons. The molecule has 1 unspecified atom stereocenters. The van der Waals surface area contributed by atoms with Crippen molar-refractivity contribution in [2.45, 2.75) is 64.8 Å². The molecule has 0 aromatic heterocycles. The Morgan fingerprint density at radius 3 is 2.48 bits per heavy atom. The maximum absolute atomic E-state index is 12.1. The van der Waals surface area contributed by atoms with Crippen molar-refractivity contribution in [2.75, 3.05) is 26.2 Å². The molecule has 0 aromatic carbocycles. The molecule has 1 atom stereocenters. The maximum Gasteiger partial charge on any atom is 0.222 e. The molecule has 5 heteroatoms. The molecule has 0 aromatic rings. The third-order valence-electron chi connectivity index (χ3n) is 3.84. The van der Waals surface area contributed by atoms with E-state index in [1.165, 1.54) is 6.42 Å².